The molecule has 3 atom stereocenters. The summed E-state index contributed by atoms with van der Waals surface area (Å²) in [5.41, 5.74) is 6.16. The molecule has 0 N–H and O–H groups in total. The first-order chi connectivity index (χ1) is 12.8. The van der Waals surface area contributed by atoms with Crippen LogP contribution < -0.4 is 0 Å². The summed E-state index contributed by atoms with van der Waals surface area (Å²) in [7, 11) is 0. The maximum atomic E-state index is 13.3. The molecule has 2 aliphatic rings. The molecule has 26 heavy (non-hydrogen) atoms. The zero-order valence-corrected chi connectivity index (χ0v) is 14.5. The van der Waals surface area contributed by atoms with Crippen molar-refractivity contribution < 1.29 is 4.79 Å². The Morgan fingerprint density at radius 3 is 1.69 bits per heavy atom. The first kappa shape index (κ1) is 15.3. The van der Waals surface area contributed by atoms with Gasteiger partial charge in [0.25, 0.3) is 0 Å². The van der Waals surface area contributed by atoms with Crippen LogP contribution in [0.3, 0.4) is 0 Å². The lowest BCUT2D eigenvalue weighted by molar-refractivity contribution is -0.120. The number of hydrogen-bond acceptors (Lipinski definition) is 1. The molecule has 1 saturated carbocycles. The standard InChI is InChI=1S/C25H20O/c26-25-21-16-20(17-10-4-1-5-11-17)24(25)23(19-14-8-3-9-15-19)22(21)18-12-6-2-7-13-18/h1-15,20-21,24H,16H2/t20-,21+,24+/m0/s1. The second-order valence-corrected chi connectivity index (χ2v) is 7.24. The van der Waals surface area contributed by atoms with Crippen molar-refractivity contribution in [2.24, 2.45) is 11.8 Å². The maximum absolute atomic E-state index is 13.3. The molecule has 0 unspecified atom stereocenters. The van der Waals surface area contributed by atoms with E-state index in [1.807, 2.05) is 18.2 Å². The molecule has 0 spiro atoms. The third-order valence-corrected chi connectivity index (χ3v) is 5.89. The van der Waals surface area contributed by atoms with Crippen molar-refractivity contribution >= 4 is 16.9 Å². The summed E-state index contributed by atoms with van der Waals surface area (Å²) in [6, 6.07) is 31.5. The van der Waals surface area contributed by atoms with Crippen LogP contribution in [0.5, 0.6) is 0 Å². The van der Waals surface area contributed by atoms with Crippen molar-refractivity contribution in [3.8, 4) is 0 Å². The number of hydrogen-bond donors (Lipinski definition) is 0. The van der Waals surface area contributed by atoms with Gasteiger partial charge in [0.15, 0.2) is 0 Å². The topological polar surface area (TPSA) is 17.1 Å². The highest BCUT2D eigenvalue weighted by Crippen LogP contribution is 2.59. The molecule has 2 aliphatic carbocycles. The quantitative estimate of drug-likeness (QED) is 0.608. The van der Waals surface area contributed by atoms with Crippen LogP contribution in [0, 0.1) is 11.8 Å². The molecule has 3 aromatic rings. The minimum absolute atomic E-state index is 0.0165. The van der Waals surface area contributed by atoms with E-state index in [-0.39, 0.29) is 17.8 Å². The zero-order chi connectivity index (χ0) is 17.5. The molecule has 1 heteroatoms. The predicted molar refractivity (Wildman–Crippen MR) is 105 cm³/mol. The van der Waals surface area contributed by atoms with Gasteiger partial charge in [-0.1, -0.05) is 91.0 Å². The van der Waals surface area contributed by atoms with Gasteiger partial charge in [-0.05, 0) is 40.2 Å². The normalized spacial score (nSPS) is 24.3. The van der Waals surface area contributed by atoms with Crippen molar-refractivity contribution in [3.63, 3.8) is 0 Å². The fraction of sp³-hybridized carbons (Fsp3) is 0.160. The van der Waals surface area contributed by atoms with Crippen LogP contribution in [0.2, 0.25) is 0 Å². The van der Waals surface area contributed by atoms with Gasteiger partial charge in [-0.2, -0.15) is 0 Å². The first-order valence-corrected chi connectivity index (χ1v) is 9.28. The fourth-order valence-corrected chi connectivity index (χ4v) is 4.84. The summed E-state index contributed by atoms with van der Waals surface area (Å²) in [5, 5.41) is 0. The van der Waals surface area contributed by atoms with E-state index in [9.17, 15) is 4.79 Å². The van der Waals surface area contributed by atoms with Crippen LogP contribution in [-0.4, -0.2) is 5.78 Å². The van der Waals surface area contributed by atoms with E-state index in [2.05, 4.69) is 72.8 Å². The number of fused-ring (bicyclic) bond motifs is 2. The van der Waals surface area contributed by atoms with E-state index < -0.39 is 0 Å². The number of carbonyl (C=O) groups excluding carboxylic acids is 1. The Bertz CT molecular complexity index is 970. The van der Waals surface area contributed by atoms with Gasteiger partial charge in [-0.15, -0.1) is 0 Å². The molecule has 0 heterocycles. The lowest BCUT2D eigenvalue weighted by Gasteiger charge is -2.27. The number of Topliss-reactive ketones (excluding diaryl/α,β-unsaturated/α-hetero) is 1. The Hall–Kier alpha value is -2.93. The van der Waals surface area contributed by atoms with Crippen LogP contribution in [0.4, 0.5) is 0 Å². The largest absolute Gasteiger partial charge is 0.298 e. The zero-order valence-electron chi connectivity index (χ0n) is 14.5. The van der Waals surface area contributed by atoms with Crippen LogP contribution in [0.25, 0.3) is 11.1 Å². The van der Waals surface area contributed by atoms with E-state index in [0.717, 1.165) is 6.42 Å². The monoisotopic (exact) mass is 336 g/mol. The van der Waals surface area contributed by atoms with E-state index in [1.54, 1.807) is 0 Å². The van der Waals surface area contributed by atoms with E-state index >= 15 is 0 Å². The summed E-state index contributed by atoms with van der Waals surface area (Å²) in [6.07, 6.45) is 0.925. The van der Waals surface area contributed by atoms with E-state index in [0.29, 0.717) is 5.78 Å². The molecule has 0 aliphatic heterocycles. The third kappa shape index (κ3) is 2.28. The van der Waals surface area contributed by atoms with Crippen LogP contribution in [0.15, 0.2) is 91.0 Å². The summed E-state index contributed by atoms with van der Waals surface area (Å²) < 4.78 is 0. The molecule has 0 saturated heterocycles. The number of rotatable bonds is 3. The van der Waals surface area contributed by atoms with E-state index in [4.69, 9.17) is 0 Å². The van der Waals surface area contributed by atoms with E-state index in [1.165, 1.54) is 27.8 Å². The molecule has 126 valence electrons. The molecule has 0 radical (unpaired) electrons. The minimum Gasteiger partial charge on any atom is -0.298 e. The molecule has 5 rings (SSSR count). The lowest BCUT2D eigenvalue weighted by Crippen LogP contribution is -2.14. The summed E-state index contributed by atoms with van der Waals surface area (Å²) in [4.78, 5) is 13.3. The molecule has 1 nitrogen and oxygen atoms in total. The highest BCUT2D eigenvalue weighted by Gasteiger charge is 2.53. The van der Waals surface area contributed by atoms with Crippen molar-refractivity contribution in [3.05, 3.63) is 108 Å². The van der Waals surface area contributed by atoms with Gasteiger partial charge in [-0.25, -0.2) is 0 Å². The van der Waals surface area contributed by atoms with Crippen molar-refractivity contribution in [2.75, 3.05) is 0 Å². The molecular formula is C25H20O. The minimum atomic E-state index is -0.0278. The van der Waals surface area contributed by atoms with Gasteiger partial charge in [0.2, 0.25) is 0 Å². The van der Waals surface area contributed by atoms with Crippen molar-refractivity contribution in [2.45, 2.75) is 12.3 Å². The van der Waals surface area contributed by atoms with Gasteiger partial charge in [-0.3, -0.25) is 4.79 Å². The summed E-state index contributed by atoms with van der Waals surface area (Å²) in [6.45, 7) is 0. The van der Waals surface area contributed by atoms with Gasteiger partial charge in [0.1, 0.15) is 5.78 Å². The third-order valence-electron chi connectivity index (χ3n) is 5.89. The van der Waals surface area contributed by atoms with Crippen LogP contribution in [-0.2, 0) is 4.79 Å². The number of allylic oxidation sites excluding steroid dienone is 2. The Morgan fingerprint density at radius 1 is 0.615 bits per heavy atom. The SMILES string of the molecule is O=C1[C@@H]2C[C@@H](c3ccccc3)[C@@H]1C(c1ccccc1)=C2c1ccccc1. The Morgan fingerprint density at radius 2 is 1.12 bits per heavy atom. The number of ketones is 1. The Balaban J connectivity index is 1.71. The molecule has 0 aromatic heterocycles. The lowest BCUT2D eigenvalue weighted by atomic mass is 9.76. The maximum Gasteiger partial charge on any atom is 0.148 e. The second kappa shape index (κ2) is 6.10. The predicted octanol–water partition coefficient (Wildman–Crippen LogP) is 5.60. The fourth-order valence-electron chi connectivity index (χ4n) is 4.84. The molecule has 3 aromatic carbocycles. The molecular weight excluding hydrogens is 316 g/mol. The summed E-state index contributed by atoms with van der Waals surface area (Å²) >= 11 is 0. The number of benzene rings is 3. The average Bonchev–Trinajstić information content (AvgIpc) is 3.20. The number of carbonyl (C=O) groups is 1. The van der Waals surface area contributed by atoms with Crippen molar-refractivity contribution in [1.82, 2.24) is 0 Å². The molecule has 1 fully saturated rings. The van der Waals surface area contributed by atoms with Gasteiger partial charge in [0, 0.05) is 5.92 Å². The highest BCUT2D eigenvalue weighted by molar-refractivity contribution is 6.17. The summed E-state index contributed by atoms with van der Waals surface area (Å²) in [5.74, 6) is 0.677. The Labute approximate surface area is 154 Å². The Kier molecular flexibility index (Phi) is 3.60. The average molecular weight is 336 g/mol. The van der Waals surface area contributed by atoms with Crippen LogP contribution in [0.1, 0.15) is 29.0 Å². The smallest absolute Gasteiger partial charge is 0.148 e. The van der Waals surface area contributed by atoms with Gasteiger partial charge < -0.3 is 0 Å². The van der Waals surface area contributed by atoms with Crippen molar-refractivity contribution in [1.29, 1.82) is 0 Å². The second-order valence-electron chi connectivity index (χ2n) is 7.24. The van der Waals surface area contributed by atoms with Gasteiger partial charge >= 0.3 is 0 Å². The molecule has 2 bridgehead atoms. The first-order valence-electron chi connectivity index (χ1n) is 9.28. The molecule has 0 amide bonds. The highest BCUT2D eigenvalue weighted by atomic mass is 16.1. The van der Waals surface area contributed by atoms with Gasteiger partial charge in [0.05, 0.1) is 5.92 Å². The van der Waals surface area contributed by atoms with Crippen LogP contribution >= 0.6 is 0 Å².